The Balaban J connectivity index is 1.70. The van der Waals surface area contributed by atoms with Gasteiger partial charge < -0.3 is 4.98 Å². The van der Waals surface area contributed by atoms with E-state index in [2.05, 4.69) is 25.1 Å². The molecule has 0 unspecified atom stereocenters. The van der Waals surface area contributed by atoms with Gasteiger partial charge in [-0.05, 0) is 35.9 Å². The van der Waals surface area contributed by atoms with E-state index in [0.717, 1.165) is 5.56 Å². The largest absolute Gasteiger partial charge is 0.325 e. The summed E-state index contributed by atoms with van der Waals surface area (Å²) in [5.74, 6) is 0.771. The van der Waals surface area contributed by atoms with Crippen molar-refractivity contribution in [2.75, 3.05) is 0 Å². The van der Waals surface area contributed by atoms with Gasteiger partial charge in [0.1, 0.15) is 11.6 Å². The SMILES string of the molecule is O=c1cc(Cc2nnc(SCc3cccnc3)n2-c2ccc(F)cc2)[nH]c(=O)[nH]1. The molecule has 0 bridgehead atoms. The smallest absolute Gasteiger partial charge is 0.311 e. The van der Waals surface area contributed by atoms with Crippen molar-refractivity contribution in [1.29, 1.82) is 0 Å². The zero-order chi connectivity index (χ0) is 20.2. The molecule has 4 aromatic rings. The second-order valence-electron chi connectivity index (χ2n) is 6.15. The minimum Gasteiger partial charge on any atom is -0.311 e. The summed E-state index contributed by atoms with van der Waals surface area (Å²) >= 11 is 1.45. The molecule has 0 radical (unpaired) electrons. The third kappa shape index (κ3) is 4.49. The van der Waals surface area contributed by atoms with E-state index in [1.165, 1.54) is 30.0 Å². The van der Waals surface area contributed by atoms with E-state index in [-0.39, 0.29) is 12.2 Å². The number of H-pyrrole nitrogens is 2. The molecular formula is C19H15FN6O2S. The molecule has 3 heterocycles. The van der Waals surface area contributed by atoms with E-state index in [4.69, 9.17) is 0 Å². The Morgan fingerprint density at radius 1 is 1.07 bits per heavy atom. The van der Waals surface area contributed by atoms with Crippen LogP contribution in [0.2, 0.25) is 0 Å². The topological polar surface area (TPSA) is 109 Å². The van der Waals surface area contributed by atoms with Crippen LogP contribution in [0.1, 0.15) is 17.1 Å². The van der Waals surface area contributed by atoms with Crippen molar-refractivity contribution in [2.24, 2.45) is 0 Å². The summed E-state index contributed by atoms with van der Waals surface area (Å²) in [5.41, 5.74) is 1.01. The Morgan fingerprint density at radius 3 is 2.62 bits per heavy atom. The summed E-state index contributed by atoms with van der Waals surface area (Å²) in [6.45, 7) is 0. The molecule has 0 spiro atoms. The van der Waals surface area contributed by atoms with Crippen molar-refractivity contribution in [3.8, 4) is 5.69 Å². The molecule has 146 valence electrons. The summed E-state index contributed by atoms with van der Waals surface area (Å²) in [4.78, 5) is 32.0. The summed E-state index contributed by atoms with van der Waals surface area (Å²) in [6, 6.07) is 11.1. The van der Waals surface area contributed by atoms with E-state index < -0.39 is 11.2 Å². The van der Waals surface area contributed by atoms with Crippen molar-refractivity contribution in [2.45, 2.75) is 17.3 Å². The van der Waals surface area contributed by atoms with Gasteiger partial charge in [-0.25, -0.2) is 9.18 Å². The minimum atomic E-state index is -0.591. The van der Waals surface area contributed by atoms with E-state index in [1.54, 1.807) is 29.1 Å². The maximum absolute atomic E-state index is 13.4. The third-order valence-corrected chi connectivity index (χ3v) is 5.04. The van der Waals surface area contributed by atoms with Crippen LogP contribution in [-0.2, 0) is 12.2 Å². The first-order valence-electron chi connectivity index (χ1n) is 8.63. The second kappa shape index (κ2) is 8.23. The molecule has 1 aromatic carbocycles. The molecule has 0 fully saturated rings. The van der Waals surface area contributed by atoms with Gasteiger partial charge in [0.2, 0.25) is 0 Å². The quantitative estimate of drug-likeness (QED) is 0.471. The lowest BCUT2D eigenvalue weighted by Crippen LogP contribution is -2.23. The lowest BCUT2D eigenvalue weighted by Gasteiger charge is -2.10. The minimum absolute atomic E-state index is 0.178. The van der Waals surface area contributed by atoms with Crippen LogP contribution in [0, 0.1) is 5.82 Å². The van der Waals surface area contributed by atoms with Gasteiger partial charge >= 0.3 is 5.69 Å². The van der Waals surface area contributed by atoms with Crippen molar-refractivity contribution in [3.63, 3.8) is 0 Å². The highest BCUT2D eigenvalue weighted by molar-refractivity contribution is 7.98. The summed E-state index contributed by atoms with van der Waals surface area (Å²) < 4.78 is 15.2. The zero-order valence-electron chi connectivity index (χ0n) is 15.0. The highest BCUT2D eigenvalue weighted by Crippen LogP contribution is 2.26. The zero-order valence-corrected chi connectivity index (χ0v) is 15.8. The Bertz CT molecular complexity index is 1210. The molecule has 2 N–H and O–H groups in total. The molecule has 0 atom stereocenters. The first-order valence-corrected chi connectivity index (χ1v) is 9.61. The van der Waals surface area contributed by atoms with Crippen molar-refractivity contribution in [1.82, 2.24) is 29.7 Å². The van der Waals surface area contributed by atoms with E-state index in [9.17, 15) is 14.0 Å². The molecule has 29 heavy (non-hydrogen) atoms. The van der Waals surface area contributed by atoms with Crippen molar-refractivity contribution in [3.05, 3.63) is 98.6 Å². The van der Waals surface area contributed by atoms with E-state index >= 15 is 0 Å². The molecule has 0 saturated carbocycles. The number of halogens is 1. The van der Waals surface area contributed by atoms with E-state index in [1.807, 2.05) is 12.1 Å². The fourth-order valence-electron chi connectivity index (χ4n) is 2.77. The number of nitrogens with one attached hydrogen (secondary N) is 2. The monoisotopic (exact) mass is 410 g/mol. The predicted octanol–water partition coefficient (Wildman–Crippen LogP) is 2.06. The van der Waals surface area contributed by atoms with Gasteiger partial charge in [-0.3, -0.25) is 19.3 Å². The second-order valence-corrected chi connectivity index (χ2v) is 7.09. The van der Waals surface area contributed by atoms with E-state index in [0.29, 0.717) is 28.1 Å². The van der Waals surface area contributed by atoms with Crippen molar-refractivity contribution < 1.29 is 4.39 Å². The molecule has 0 aliphatic heterocycles. The molecule has 0 amide bonds. The van der Waals surface area contributed by atoms with Crippen LogP contribution in [0.4, 0.5) is 4.39 Å². The fourth-order valence-corrected chi connectivity index (χ4v) is 3.68. The number of thioether (sulfide) groups is 1. The summed E-state index contributed by atoms with van der Waals surface area (Å²) in [7, 11) is 0. The Kier molecular flexibility index (Phi) is 5.34. The first-order chi connectivity index (χ1) is 14.1. The summed E-state index contributed by atoms with van der Waals surface area (Å²) in [5, 5.41) is 9.08. The van der Waals surface area contributed by atoms with Gasteiger partial charge in [-0.15, -0.1) is 10.2 Å². The predicted molar refractivity (Wildman–Crippen MR) is 106 cm³/mol. The van der Waals surface area contributed by atoms with Crippen LogP contribution in [-0.4, -0.2) is 29.7 Å². The number of aromatic amines is 2. The van der Waals surface area contributed by atoms with Gasteiger partial charge in [-0.1, -0.05) is 17.8 Å². The Labute approximate surface area is 167 Å². The number of aromatic nitrogens is 6. The molecule has 10 heteroatoms. The average Bonchev–Trinajstić information content (AvgIpc) is 3.09. The number of hydrogen-bond acceptors (Lipinski definition) is 6. The number of rotatable bonds is 6. The lowest BCUT2D eigenvalue weighted by atomic mass is 10.2. The van der Waals surface area contributed by atoms with Gasteiger partial charge in [0.05, 0.1) is 0 Å². The van der Waals surface area contributed by atoms with Crippen LogP contribution in [0.25, 0.3) is 5.69 Å². The van der Waals surface area contributed by atoms with Crippen molar-refractivity contribution >= 4 is 11.8 Å². The fraction of sp³-hybridized carbons (Fsp3) is 0.105. The van der Waals surface area contributed by atoms with Crippen LogP contribution < -0.4 is 11.2 Å². The van der Waals surface area contributed by atoms with Gasteiger partial charge in [0.15, 0.2) is 5.16 Å². The maximum Gasteiger partial charge on any atom is 0.325 e. The van der Waals surface area contributed by atoms with Gasteiger partial charge in [-0.2, -0.15) is 0 Å². The van der Waals surface area contributed by atoms with Crippen LogP contribution in [0.5, 0.6) is 0 Å². The lowest BCUT2D eigenvalue weighted by molar-refractivity contribution is 0.627. The molecule has 4 rings (SSSR count). The Morgan fingerprint density at radius 2 is 1.90 bits per heavy atom. The maximum atomic E-state index is 13.4. The third-order valence-electron chi connectivity index (χ3n) is 4.04. The standard InChI is InChI=1S/C19H15FN6O2S/c20-13-3-5-15(6-4-13)26-16(8-14-9-17(27)23-18(28)22-14)24-25-19(26)29-11-12-2-1-7-21-10-12/h1-7,9-10H,8,11H2,(H2,22,23,27,28). The normalized spacial score (nSPS) is 10.9. The number of pyridine rings is 1. The van der Waals surface area contributed by atoms with Crippen LogP contribution in [0.15, 0.2) is 69.6 Å². The number of hydrogen-bond donors (Lipinski definition) is 2. The molecule has 0 aliphatic rings. The molecule has 0 aliphatic carbocycles. The molecule has 3 aromatic heterocycles. The van der Waals surface area contributed by atoms with Crippen LogP contribution >= 0.6 is 11.8 Å². The average molecular weight is 410 g/mol. The van der Waals surface area contributed by atoms with Crippen LogP contribution in [0.3, 0.4) is 0 Å². The van der Waals surface area contributed by atoms with Gasteiger partial charge in [0.25, 0.3) is 5.56 Å². The molecule has 8 nitrogen and oxygen atoms in total. The van der Waals surface area contributed by atoms with Gasteiger partial charge in [0, 0.05) is 42.0 Å². The number of benzene rings is 1. The molecular weight excluding hydrogens is 395 g/mol. The molecule has 0 saturated heterocycles. The number of nitrogens with zero attached hydrogens (tertiary/aromatic N) is 4. The summed E-state index contributed by atoms with van der Waals surface area (Å²) in [6.07, 6.45) is 3.65. The highest BCUT2D eigenvalue weighted by atomic mass is 32.2. The first kappa shape index (κ1) is 18.8. The Hall–Kier alpha value is -3.53. The highest BCUT2D eigenvalue weighted by Gasteiger charge is 2.16.